The number of carbonyl (C=O) groups is 2. The van der Waals surface area contributed by atoms with Crippen LogP contribution in [0.1, 0.15) is 32.6 Å². The largest absolute Gasteiger partial charge is 0.480 e. The van der Waals surface area contributed by atoms with Crippen LogP contribution in [-0.2, 0) is 4.79 Å². The number of aliphatic carboxylic acids is 1. The molecule has 2 amide bonds. The first-order chi connectivity index (χ1) is 9.36. The molecule has 2 aliphatic heterocycles. The molecule has 2 heterocycles. The van der Waals surface area contributed by atoms with E-state index in [-0.39, 0.29) is 12.1 Å². The van der Waals surface area contributed by atoms with Gasteiger partial charge in [-0.05, 0) is 46.2 Å². The first-order valence-electron chi connectivity index (χ1n) is 7.32. The maximum absolute atomic E-state index is 12.6. The Morgan fingerprint density at radius 3 is 2.60 bits per heavy atom. The highest BCUT2D eigenvalue weighted by atomic mass is 16.4. The third kappa shape index (κ3) is 2.61. The van der Waals surface area contributed by atoms with Gasteiger partial charge in [-0.1, -0.05) is 0 Å². The van der Waals surface area contributed by atoms with Crippen LogP contribution in [0.5, 0.6) is 0 Å². The number of likely N-dealkylation sites (tertiary alicyclic amines) is 2. The Morgan fingerprint density at radius 1 is 1.30 bits per heavy atom. The highest BCUT2D eigenvalue weighted by molar-refractivity contribution is 5.86. The number of nitrogens with zero attached hydrogens (tertiary/aromatic N) is 3. The molecule has 0 bridgehead atoms. The minimum Gasteiger partial charge on any atom is -0.480 e. The molecule has 2 rings (SSSR count). The topological polar surface area (TPSA) is 64.1 Å². The SMILES string of the molecule is CN1CCCC(N(C)C(=O)N2CCCC2(C)C(=O)O)C1. The van der Waals surface area contributed by atoms with Crippen molar-refractivity contribution >= 4 is 12.0 Å². The van der Waals surface area contributed by atoms with Gasteiger partial charge in [-0.25, -0.2) is 9.59 Å². The van der Waals surface area contributed by atoms with E-state index in [0.717, 1.165) is 32.4 Å². The quantitative estimate of drug-likeness (QED) is 0.823. The Kier molecular flexibility index (Phi) is 4.22. The molecule has 1 N–H and O–H groups in total. The number of likely N-dealkylation sites (N-methyl/N-ethyl adjacent to an activating group) is 2. The molecule has 2 fully saturated rings. The summed E-state index contributed by atoms with van der Waals surface area (Å²) >= 11 is 0. The molecule has 2 aliphatic rings. The van der Waals surface area contributed by atoms with E-state index in [1.165, 1.54) is 4.90 Å². The summed E-state index contributed by atoms with van der Waals surface area (Å²) < 4.78 is 0. The average Bonchev–Trinajstić information content (AvgIpc) is 2.80. The monoisotopic (exact) mass is 283 g/mol. The van der Waals surface area contributed by atoms with E-state index in [2.05, 4.69) is 11.9 Å². The first kappa shape index (κ1) is 15.1. The van der Waals surface area contributed by atoms with Gasteiger partial charge in [0.25, 0.3) is 0 Å². The second kappa shape index (κ2) is 5.60. The summed E-state index contributed by atoms with van der Waals surface area (Å²) in [5.41, 5.74) is -1.05. The molecule has 114 valence electrons. The summed E-state index contributed by atoms with van der Waals surface area (Å²) in [6.45, 7) is 4.12. The molecule has 0 aromatic carbocycles. The Bertz CT molecular complexity index is 401. The van der Waals surface area contributed by atoms with Crippen molar-refractivity contribution in [3.63, 3.8) is 0 Å². The second-order valence-electron chi connectivity index (χ2n) is 6.29. The zero-order valence-corrected chi connectivity index (χ0v) is 12.6. The number of urea groups is 1. The molecule has 6 nitrogen and oxygen atoms in total. The lowest BCUT2D eigenvalue weighted by atomic mass is 9.99. The smallest absolute Gasteiger partial charge is 0.329 e. The van der Waals surface area contributed by atoms with Crippen molar-refractivity contribution in [1.82, 2.24) is 14.7 Å². The van der Waals surface area contributed by atoms with Gasteiger partial charge in [0.15, 0.2) is 0 Å². The maximum Gasteiger partial charge on any atom is 0.329 e. The molecular weight excluding hydrogens is 258 g/mol. The zero-order chi connectivity index (χ0) is 14.9. The van der Waals surface area contributed by atoms with Gasteiger partial charge in [-0.2, -0.15) is 0 Å². The minimum atomic E-state index is -1.05. The second-order valence-corrected chi connectivity index (χ2v) is 6.29. The molecule has 2 unspecified atom stereocenters. The molecule has 0 aromatic heterocycles. The molecule has 0 radical (unpaired) electrons. The Labute approximate surface area is 120 Å². The van der Waals surface area contributed by atoms with E-state index < -0.39 is 11.5 Å². The third-order valence-corrected chi connectivity index (χ3v) is 4.78. The van der Waals surface area contributed by atoms with E-state index in [9.17, 15) is 14.7 Å². The predicted molar refractivity (Wildman–Crippen MR) is 75.7 cm³/mol. The van der Waals surface area contributed by atoms with Crippen LogP contribution in [0.3, 0.4) is 0 Å². The summed E-state index contributed by atoms with van der Waals surface area (Å²) in [7, 11) is 3.86. The van der Waals surface area contributed by atoms with Crippen molar-refractivity contribution in [3.8, 4) is 0 Å². The van der Waals surface area contributed by atoms with E-state index in [1.54, 1.807) is 18.9 Å². The fraction of sp³-hybridized carbons (Fsp3) is 0.857. The van der Waals surface area contributed by atoms with Gasteiger partial charge in [0.1, 0.15) is 5.54 Å². The lowest BCUT2D eigenvalue weighted by Crippen LogP contribution is -2.57. The van der Waals surface area contributed by atoms with Crippen molar-refractivity contribution in [1.29, 1.82) is 0 Å². The standard InChI is InChI=1S/C14H25N3O3/c1-14(12(18)19)7-5-9-17(14)13(20)16(3)11-6-4-8-15(2)10-11/h11H,4-10H2,1-3H3,(H,18,19). The summed E-state index contributed by atoms with van der Waals surface area (Å²) in [6, 6.07) is 0.0348. The molecular formula is C14H25N3O3. The molecule has 20 heavy (non-hydrogen) atoms. The summed E-state index contributed by atoms with van der Waals surface area (Å²) in [5, 5.41) is 9.41. The third-order valence-electron chi connectivity index (χ3n) is 4.78. The summed E-state index contributed by atoms with van der Waals surface area (Å²) in [6.07, 6.45) is 3.36. The van der Waals surface area contributed by atoms with Crippen LogP contribution >= 0.6 is 0 Å². The van der Waals surface area contributed by atoms with Gasteiger partial charge in [-0.3, -0.25) is 0 Å². The number of carboxylic acids is 1. The highest BCUT2D eigenvalue weighted by Gasteiger charge is 2.47. The summed E-state index contributed by atoms with van der Waals surface area (Å²) in [4.78, 5) is 29.6. The van der Waals surface area contributed by atoms with Crippen LogP contribution in [0.2, 0.25) is 0 Å². The van der Waals surface area contributed by atoms with Gasteiger partial charge < -0.3 is 19.8 Å². The number of amides is 2. The molecule has 6 heteroatoms. The van der Waals surface area contributed by atoms with Gasteiger partial charge in [0.2, 0.25) is 0 Å². The van der Waals surface area contributed by atoms with Crippen LogP contribution in [-0.4, -0.2) is 77.1 Å². The maximum atomic E-state index is 12.6. The van der Waals surface area contributed by atoms with Crippen LogP contribution in [0.25, 0.3) is 0 Å². The van der Waals surface area contributed by atoms with Crippen molar-refractivity contribution in [2.24, 2.45) is 0 Å². The van der Waals surface area contributed by atoms with Crippen LogP contribution < -0.4 is 0 Å². The Morgan fingerprint density at radius 2 is 2.00 bits per heavy atom. The van der Waals surface area contributed by atoms with Crippen LogP contribution in [0.15, 0.2) is 0 Å². The minimum absolute atomic E-state index is 0.146. The van der Waals surface area contributed by atoms with Gasteiger partial charge in [0.05, 0.1) is 0 Å². The molecule has 2 saturated heterocycles. The zero-order valence-electron chi connectivity index (χ0n) is 12.6. The van der Waals surface area contributed by atoms with Crippen LogP contribution in [0.4, 0.5) is 4.79 Å². The van der Waals surface area contributed by atoms with Gasteiger partial charge in [0, 0.05) is 26.2 Å². The lowest BCUT2D eigenvalue weighted by Gasteiger charge is -2.40. The number of hydrogen-bond donors (Lipinski definition) is 1. The van der Waals surface area contributed by atoms with Crippen molar-refractivity contribution in [3.05, 3.63) is 0 Å². The van der Waals surface area contributed by atoms with Crippen LogP contribution in [0, 0.1) is 0 Å². The van der Waals surface area contributed by atoms with E-state index >= 15 is 0 Å². The number of piperidine rings is 1. The normalized spacial score (nSPS) is 31.4. The van der Waals surface area contributed by atoms with E-state index in [1.807, 2.05) is 0 Å². The van der Waals surface area contributed by atoms with E-state index in [4.69, 9.17) is 0 Å². The fourth-order valence-corrected chi connectivity index (χ4v) is 3.29. The van der Waals surface area contributed by atoms with Gasteiger partial charge in [-0.15, -0.1) is 0 Å². The highest BCUT2D eigenvalue weighted by Crippen LogP contribution is 2.31. The number of hydrogen-bond acceptors (Lipinski definition) is 3. The van der Waals surface area contributed by atoms with Crippen molar-refractivity contribution < 1.29 is 14.7 Å². The predicted octanol–water partition coefficient (Wildman–Crippen LogP) is 1.07. The summed E-state index contributed by atoms with van der Waals surface area (Å²) in [5.74, 6) is -0.905. The average molecular weight is 283 g/mol. The molecule has 0 saturated carbocycles. The molecule has 2 atom stereocenters. The molecule has 0 aromatic rings. The fourth-order valence-electron chi connectivity index (χ4n) is 3.29. The van der Waals surface area contributed by atoms with Crippen molar-refractivity contribution in [2.75, 3.05) is 33.7 Å². The van der Waals surface area contributed by atoms with Crippen molar-refractivity contribution in [2.45, 2.75) is 44.2 Å². The first-order valence-corrected chi connectivity index (χ1v) is 7.32. The Balaban J connectivity index is 2.08. The van der Waals surface area contributed by atoms with E-state index in [0.29, 0.717) is 13.0 Å². The Hall–Kier alpha value is -1.30. The van der Waals surface area contributed by atoms with Gasteiger partial charge >= 0.3 is 12.0 Å². The lowest BCUT2D eigenvalue weighted by molar-refractivity contribution is -0.147. The number of rotatable bonds is 2. The number of carbonyl (C=O) groups excluding carboxylic acids is 1. The molecule has 0 aliphatic carbocycles. The number of carboxylic acid groups (broad SMARTS) is 1. The molecule has 0 spiro atoms.